The predicted octanol–water partition coefficient (Wildman–Crippen LogP) is 2.15. The molecule has 1 atom stereocenters. The molecule has 0 radical (unpaired) electrons. The Morgan fingerprint density at radius 3 is 2.81 bits per heavy atom. The van der Waals surface area contributed by atoms with Crippen molar-refractivity contribution in [1.82, 2.24) is 0 Å². The van der Waals surface area contributed by atoms with Gasteiger partial charge in [-0.25, -0.2) is 4.39 Å². The van der Waals surface area contributed by atoms with Crippen molar-refractivity contribution < 1.29 is 9.18 Å². The number of carbonyl (C=O) groups is 1. The summed E-state index contributed by atoms with van der Waals surface area (Å²) in [6.07, 6.45) is 0. The van der Waals surface area contributed by atoms with Crippen LogP contribution in [0.4, 0.5) is 10.1 Å². The van der Waals surface area contributed by atoms with Crippen LogP contribution in [0.25, 0.3) is 0 Å². The van der Waals surface area contributed by atoms with E-state index in [-0.39, 0.29) is 24.1 Å². The summed E-state index contributed by atoms with van der Waals surface area (Å²) >= 11 is 3.24. The highest BCUT2D eigenvalue weighted by Crippen LogP contribution is 2.24. The number of hydrogen-bond donors (Lipinski definition) is 1. The standard InChI is InChI=1S/C11H14BrFN2O/c1-7(6-14)11(16)15(2)10-5-8(12)3-4-9(10)13/h3-5,7H,6,14H2,1-2H3. The lowest BCUT2D eigenvalue weighted by molar-refractivity contribution is -0.121. The Labute approximate surface area is 103 Å². The van der Waals surface area contributed by atoms with Gasteiger partial charge in [0.05, 0.1) is 5.69 Å². The second-order valence-corrected chi connectivity index (χ2v) is 4.55. The normalized spacial score (nSPS) is 12.3. The average Bonchev–Trinajstić information content (AvgIpc) is 2.29. The number of rotatable bonds is 3. The van der Waals surface area contributed by atoms with E-state index < -0.39 is 5.82 Å². The molecule has 2 N–H and O–H groups in total. The molecule has 1 rings (SSSR count). The molecule has 1 unspecified atom stereocenters. The average molecular weight is 289 g/mol. The zero-order valence-corrected chi connectivity index (χ0v) is 10.8. The largest absolute Gasteiger partial charge is 0.330 e. The zero-order valence-electron chi connectivity index (χ0n) is 9.21. The van der Waals surface area contributed by atoms with Gasteiger partial charge in [0.15, 0.2) is 0 Å². The first kappa shape index (κ1) is 13.1. The van der Waals surface area contributed by atoms with Crippen LogP contribution >= 0.6 is 15.9 Å². The zero-order chi connectivity index (χ0) is 12.3. The first-order valence-electron chi connectivity index (χ1n) is 4.90. The summed E-state index contributed by atoms with van der Waals surface area (Å²) in [5.41, 5.74) is 5.66. The lowest BCUT2D eigenvalue weighted by Crippen LogP contribution is -2.35. The number of hydrogen-bond acceptors (Lipinski definition) is 2. The molecule has 1 aromatic carbocycles. The summed E-state index contributed by atoms with van der Waals surface area (Å²) in [4.78, 5) is 13.1. The Kier molecular flexibility index (Phi) is 4.44. The van der Waals surface area contributed by atoms with Crippen molar-refractivity contribution >= 4 is 27.5 Å². The second-order valence-electron chi connectivity index (χ2n) is 3.63. The molecule has 0 saturated heterocycles. The van der Waals surface area contributed by atoms with Crippen molar-refractivity contribution in [3.05, 3.63) is 28.5 Å². The molecule has 0 fully saturated rings. The van der Waals surface area contributed by atoms with Crippen molar-refractivity contribution in [1.29, 1.82) is 0 Å². The van der Waals surface area contributed by atoms with Crippen LogP contribution in [0.15, 0.2) is 22.7 Å². The Morgan fingerprint density at radius 1 is 1.62 bits per heavy atom. The number of nitrogens with zero attached hydrogens (tertiary/aromatic N) is 1. The van der Waals surface area contributed by atoms with Gasteiger partial charge in [-0.15, -0.1) is 0 Å². The van der Waals surface area contributed by atoms with Crippen LogP contribution in [0, 0.1) is 11.7 Å². The molecular weight excluding hydrogens is 275 g/mol. The monoisotopic (exact) mass is 288 g/mol. The van der Waals surface area contributed by atoms with E-state index in [1.54, 1.807) is 26.1 Å². The van der Waals surface area contributed by atoms with Crippen LogP contribution < -0.4 is 10.6 Å². The van der Waals surface area contributed by atoms with Crippen LogP contribution in [0.2, 0.25) is 0 Å². The first-order chi connectivity index (χ1) is 7.47. The Morgan fingerprint density at radius 2 is 2.25 bits per heavy atom. The minimum absolute atomic E-state index is 0.195. The van der Waals surface area contributed by atoms with Gasteiger partial charge in [-0.2, -0.15) is 0 Å². The molecule has 1 aromatic rings. The SMILES string of the molecule is CC(CN)C(=O)N(C)c1cc(Br)ccc1F. The fourth-order valence-corrected chi connectivity index (χ4v) is 1.64. The Hall–Kier alpha value is -0.940. The molecule has 3 nitrogen and oxygen atoms in total. The van der Waals surface area contributed by atoms with Crippen LogP contribution in [0.5, 0.6) is 0 Å². The lowest BCUT2D eigenvalue weighted by atomic mass is 10.1. The summed E-state index contributed by atoms with van der Waals surface area (Å²) < 4.78 is 14.2. The molecule has 0 bridgehead atoms. The third kappa shape index (κ3) is 2.80. The summed E-state index contributed by atoms with van der Waals surface area (Å²) in [6.45, 7) is 1.97. The van der Waals surface area contributed by atoms with Crippen molar-refractivity contribution in [2.45, 2.75) is 6.92 Å². The van der Waals surface area contributed by atoms with Crippen molar-refractivity contribution in [3.8, 4) is 0 Å². The van der Waals surface area contributed by atoms with Gasteiger partial charge in [0, 0.05) is 24.0 Å². The van der Waals surface area contributed by atoms with E-state index in [4.69, 9.17) is 5.73 Å². The molecule has 0 aromatic heterocycles. The minimum Gasteiger partial charge on any atom is -0.330 e. The Bertz CT molecular complexity index is 398. The van der Waals surface area contributed by atoms with E-state index in [0.717, 1.165) is 4.47 Å². The van der Waals surface area contributed by atoms with E-state index in [1.165, 1.54) is 11.0 Å². The maximum absolute atomic E-state index is 13.5. The van der Waals surface area contributed by atoms with E-state index in [2.05, 4.69) is 15.9 Å². The van der Waals surface area contributed by atoms with Crippen LogP contribution in [-0.4, -0.2) is 19.5 Å². The van der Waals surface area contributed by atoms with Crippen LogP contribution in [-0.2, 0) is 4.79 Å². The topological polar surface area (TPSA) is 46.3 Å². The van der Waals surface area contributed by atoms with Gasteiger partial charge in [-0.1, -0.05) is 22.9 Å². The summed E-state index contributed by atoms with van der Waals surface area (Å²) in [5, 5.41) is 0. The van der Waals surface area contributed by atoms with Gasteiger partial charge in [-0.05, 0) is 18.2 Å². The van der Waals surface area contributed by atoms with Gasteiger partial charge >= 0.3 is 0 Å². The number of halogens is 2. The number of carbonyl (C=O) groups excluding carboxylic acids is 1. The van der Waals surface area contributed by atoms with Crippen LogP contribution in [0.3, 0.4) is 0 Å². The van der Waals surface area contributed by atoms with Gasteiger partial charge < -0.3 is 10.6 Å². The summed E-state index contributed by atoms with van der Waals surface area (Å²) in [6, 6.07) is 4.47. The minimum atomic E-state index is -0.428. The molecule has 0 heterocycles. The third-order valence-electron chi connectivity index (χ3n) is 2.38. The maximum atomic E-state index is 13.5. The molecule has 0 saturated carbocycles. The first-order valence-corrected chi connectivity index (χ1v) is 5.69. The number of benzene rings is 1. The molecule has 0 aliphatic rings. The molecule has 0 aliphatic heterocycles. The van der Waals surface area contributed by atoms with Crippen LogP contribution in [0.1, 0.15) is 6.92 Å². The Balaban J connectivity index is 3.00. The lowest BCUT2D eigenvalue weighted by Gasteiger charge is -2.21. The summed E-state index contributed by atoms with van der Waals surface area (Å²) in [5.74, 6) is -0.939. The highest BCUT2D eigenvalue weighted by molar-refractivity contribution is 9.10. The smallest absolute Gasteiger partial charge is 0.230 e. The molecule has 5 heteroatoms. The van der Waals surface area contributed by atoms with E-state index >= 15 is 0 Å². The molecular formula is C11H14BrFN2O. The molecule has 0 spiro atoms. The van der Waals surface area contributed by atoms with Gasteiger partial charge in [-0.3, -0.25) is 4.79 Å². The number of anilines is 1. The number of nitrogens with two attached hydrogens (primary N) is 1. The third-order valence-corrected chi connectivity index (χ3v) is 2.87. The van der Waals surface area contributed by atoms with E-state index in [9.17, 15) is 9.18 Å². The fourth-order valence-electron chi connectivity index (χ4n) is 1.29. The predicted molar refractivity (Wildman–Crippen MR) is 65.7 cm³/mol. The summed E-state index contributed by atoms with van der Waals surface area (Å²) in [7, 11) is 1.54. The van der Waals surface area contributed by atoms with E-state index in [1.807, 2.05) is 0 Å². The van der Waals surface area contributed by atoms with Crippen molar-refractivity contribution in [2.75, 3.05) is 18.5 Å². The quantitative estimate of drug-likeness (QED) is 0.926. The second kappa shape index (κ2) is 5.41. The highest BCUT2D eigenvalue weighted by Gasteiger charge is 2.19. The molecule has 1 amide bonds. The maximum Gasteiger partial charge on any atom is 0.230 e. The molecule has 88 valence electrons. The van der Waals surface area contributed by atoms with Gasteiger partial charge in [0.25, 0.3) is 0 Å². The highest BCUT2D eigenvalue weighted by atomic mass is 79.9. The molecule has 16 heavy (non-hydrogen) atoms. The van der Waals surface area contributed by atoms with E-state index in [0.29, 0.717) is 0 Å². The molecule has 0 aliphatic carbocycles. The van der Waals surface area contributed by atoms with Crippen molar-refractivity contribution in [3.63, 3.8) is 0 Å². The van der Waals surface area contributed by atoms with Crippen molar-refractivity contribution in [2.24, 2.45) is 11.7 Å². The van der Waals surface area contributed by atoms with Gasteiger partial charge in [0.2, 0.25) is 5.91 Å². The van der Waals surface area contributed by atoms with Gasteiger partial charge in [0.1, 0.15) is 5.82 Å². The fraction of sp³-hybridized carbons (Fsp3) is 0.364. The number of amides is 1.